The van der Waals surface area contributed by atoms with E-state index in [1.807, 2.05) is 0 Å². The number of amides is 2. The average Bonchev–Trinajstić information content (AvgIpc) is 2.38. The molecular formula is C11H21N3O4S. The molecule has 110 valence electrons. The SMILES string of the molecule is CCS(=O)(=O)N1CCN(C(=O)CN(C)C(C)=O)CC1. The largest absolute Gasteiger partial charge is 0.339 e. The van der Waals surface area contributed by atoms with Gasteiger partial charge in [0, 0.05) is 40.2 Å². The van der Waals surface area contributed by atoms with Crippen LogP contribution < -0.4 is 0 Å². The maximum atomic E-state index is 11.9. The smallest absolute Gasteiger partial charge is 0.242 e. The van der Waals surface area contributed by atoms with Crippen LogP contribution in [0.5, 0.6) is 0 Å². The number of carbonyl (C=O) groups is 2. The van der Waals surface area contributed by atoms with E-state index in [4.69, 9.17) is 0 Å². The van der Waals surface area contributed by atoms with Crippen LogP contribution in [0.2, 0.25) is 0 Å². The highest BCUT2D eigenvalue weighted by molar-refractivity contribution is 7.89. The first-order valence-corrected chi connectivity index (χ1v) is 7.86. The van der Waals surface area contributed by atoms with E-state index in [2.05, 4.69) is 0 Å². The molecule has 0 aromatic carbocycles. The van der Waals surface area contributed by atoms with Crippen molar-refractivity contribution in [1.29, 1.82) is 0 Å². The summed E-state index contributed by atoms with van der Waals surface area (Å²) in [6.07, 6.45) is 0. The minimum Gasteiger partial charge on any atom is -0.339 e. The molecule has 1 saturated heterocycles. The van der Waals surface area contributed by atoms with Gasteiger partial charge in [0.2, 0.25) is 21.8 Å². The molecule has 1 aliphatic rings. The molecule has 1 aliphatic heterocycles. The van der Waals surface area contributed by atoms with Gasteiger partial charge in [-0.2, -0.15) is 4.31 Å². The summed E-state index contributed by atoms with van der Waals surface area (Å²) in [4.78, 5) is 25.9. The van der Waals surface area contributed by atoms with Gasteiger partial charge in [-0.1, -0.05) is 0 Å². The summed E-state index contributed by atoms with van der Waals surface area (Å²) in [6.45, 7) is 4.45. The molecule has 0 saturated carbocycles. The summed E-state index contributed by atoms with van der Waals surface area (Å²) in [5.41, 5.74) is 0. The fourth-order valence-electron chi connectivity index (χ4n) is 1.81. The second-order valence-electron chi connectivity index (χ2n) is 4.56. The van der Waals surface area contributed by atoms with Gasteiger partial charge in [0.05, 0.1) is 12.3 Å². The normalized spacial score (nSPS) is 17.3. The molecule has 0 atom stereocenters. The lowest BCUT2D eigenvalue weighted by atomic mass is 10.3. The number of hydrogen-bond donors (Lipinski definition) is 0. The quantitative estimate of drug-likeness (QED) is 0.663. The van der Waals surface area contributed by atoms with Gasteiger partial charge < -0.3 is 9.80 Å². The molecule has 0 radical (unpaired) electrons. The lowest BCUT2D eigenvalue weighted by Crippen LogP contribution is -2.52. The van der Waals surface area contributed by atoms with Gasteiger partial charge in [0.25, 0.3) is 0 Å². The van der Waals surface area contributed by atoms with E-state index in [0.717, 1.165) is 0 Å². The molecule has 0 N–H and O–H groups in total. The van der Waals surface area contributed by atoms with Gasteiger partial charge in [0.15, 0.2) is 0 Å². The van der Waals surface area contributed by atoms with Crippen LogP contribution in [0, 0.1) is 0 Å². The molecule has 1 fully saturated rings. The molecule has 0 aromatic rings. The first-order valence-electron chi connectivity index (χ1n) is 6.25. The fraction of sp³-hybridized carbons (Fsp3) is 0.818. The van der Waals surface area contributed by atoms with E-state index in [9.17, 15) is 18.0 Å². The van der Waals surface area contributed by atoms with Crippen molar-refractivity contribution in [2.45, 2.75) is 13.8 Å². The van der Waals surface area contributed by atoms with Crippen molar-refractivity contribution in [1.82, 2.24) is 14.1 Å². The van der Waals surface area contributed by atoms with Gasteiger partial charge in [-0.05, 0) is 6.92 Å². The van der Waals surface area contributed by atoms with E-state index < -0.39 is 10.0 Å². The lowest BCUT2D eigenvalue weighted by molar-refractivity contribution is -0.139. The van der Waals surface area contributed by atoms with Crippen LogP contribution in [0.4, 0.5) is 0 Å². The Morgan fingerprint density at radius 2 is 1.68 bits per heavy atom. The van der Waals surface area contributed by atoms with E-state index in [-0.39, 0.29) is 24.1 Å². The number of nitrogens with zero attached hydrogens (tertiary/aromatic N) is 3. The molecule has 7 nitrogen and oxygen atoms in total. The highest BCUT2D eigenvalue weighted by Gasteiger charge is 2.27. The van der Waals surface area contributed by atoms with E-state index in [0.29, 0.717) is 26.2 Å². The zero-order valence-corrected chi connectivity index (χ0v) is 12.4. The van der Waals surface area contributed by atoms with E-state index in [1.54, 1.807) is 18.9 Å². The third-order valence-electron chi connectivity index (χ3n) is 3.26. The molecule has 1 rings (SSSR count). The van der Waals surface area contributed by atoms with Crippen molar-refractivity contribution in [3.63, 3.8) is 0 Å². The molecule has 19 heavy (non-hydrogen) atoms. The minimum absolute atomic E-state index is 0.0376. The number of hydrogen-bond acceptors (Lipinski definition) is 4. The second-order valence-corrected chi connectivity index (χ2v) is 6.81. The molecule has 0 aromatic heterocycles. The zero-order valence-electron chi connectivity index (χ0n) is 11.6. The van der Waals surface area contributed by atoms with Gasteiger partial charge in [-0.3, -0.25) is 9.59 Å². The maximum absolute atomic E-state index is 11.9. The van der Waals surface area contributed by atoms with Crippen LogP contribution in [0.15, 0.2) is 0 Å². The molecule has 0 aliphatic carbocycles. The third-order valence-corrected chi connectivity index (χ3v) is 5.14. The van der Waals surface area contributed by atoms with Crippen molar-refractivity contribution < 1.29 is 18.0 Å². The van der Waals surface area contributed by atoms with Crippen LogP contribution in [0.25, 0.3) is 0 Å². The minimum atomic E-state index is -3.18. The molecular weight excluding hydrogens is 270 g/mol. The predicted octanol–water partition coefficient (Wildman–Crippen LogP) is -1.04. The first kappa shape index (κ1) is 15.9. The number of sulfonamides is 1. The molecule has 0 bridgehead atoms. The Morgan fingerprint density at radius 1 is 1.16 bits per heavy atom. The Hall–Kier alpha value is -1.15. The molecule has 1 heterocycles. The summed E-state index contributed by atoms with van der Waals surface area (Å²) in [5.74, 6) is -0.236. The standard InChI is InChI=1S/C11H21N3O4S/c1-4-19(17,18)14-7-5-13(6-8-14)11(16)9-12(3)10(2)15/h4-9H2,1-3H3. The van der Waals surface area contributed by atoms with Crippen molar-refractivity contribution >= 4 is 21.8 Å². The molecule has 0 spiro atoms. The van der Waals surface area contributed by atoms with Crippen LogP contribution in [0.1, 0.15) is 13.8 Å². The Balaban J connectivity index is 2.50. The Morgan fingerprint density at radius 3 is 2.11 bits per heavy atom. The van der Waals surface area contributed by atoms with E-state index >= 15 is 0 Å². The summed E-state index contributed by atoms with van der Waals surface area (Å²) in [6, 6.07) is 0. The molecule has 8 heteroatoms. The van der Waals surface area contributed by atoms with Crippen molar-refractivity contribution in [3.8, 4) is 0 Å². The highest BCUT2D eigenvalue weighted by Crippen LogP contribution is 2.08. The van der Waals surface area contributed by atoms with Gasteiger partial charge in [0.1, 0.15) is 0 Å². The summed E-state index contributed by atoms with van der Waals surface area (Å²) in [5, 5.41) is 0. The average molecular weight is 291 g/mol. The Kier molecular flexibility index (Phi) is 5.30. The summed E-state index contributed by atoms with van der Waals surface area (Å²) < 4.78 is 24.7. The number of carbonyl (C=O) groups excluding carboxylic acids is 2. The van der Waals surface area contributed by atoms with E-state index in [1.165, 1.54) is 16.1 Å². The summed E-state index contributed by atoms with van der Waals surface area (Å²) in [7, 11) is -1.61. The highest BCUT2D eigenvalue weighted by atomic mass is 32.2. The zero-order chi connectivity index (χ0) is 14.6. The topological polar surface area (TPSA) is 78.0 Å². The Bertz CT molecular complexity index is 441. The first-order chi connectivity index (χ1) is 8.77. The third kappa shape index (κ3) is 4.17. The van der Waals surface area contributed by atoms with Crippen molar-refractivity contribution in [3.05, 3.63) is 0 Å². The lowest BCUT2D eigenvalue weighted by Gasteiger charge is -2.34. The van der Waals surface area contributed by atoms with Gasteiger partial charge >= 0.3 is 0 Å². The van der Waals surface area contributed by atoms with Crippen molar-refractivity contribution in [2.75, 3.05) is 45.5 Å². The monoisotopic (exact) mass is 291 g/mol. The summed E-state index contributed by atoms with van der Waals surface area (Å²) >= 11 is 0. The molecule has 2 amide bonds. The van der Waals surface area contributed by atoms with Crippen molar-refractivity contribution in [2.24, 2.45) is 0 Å². The number of likely N-dealkylation sites (N-methyl/N-ethyl adjacent to an activating group) is 1. The van der Waals surface area contributed by atoms with Crippen LogP contribution in [-0.2, 0) is 19.6 Å². The number of piperazine rings is 1. The molecule has 0 unspecified atom stereocenters. The van der Waals surface area contributed by atoms with Crippen LogP contribution in [-0.4, -0.2) is 79.9 Å². The fourth-order valence-corrected chi connectivity index (χ4v) is 2.90. The Labute approximate surface area is 114 Å². The maximum Gasteiger partial charge on any atom is 0.242 e. The van der Waals surface area contributed by atoms with Crippen LogP contribution >= 0.6 is 0 Å². The second kappa shape index (κ2) is 6.33. The van der Waals surface area contributed by atoms with Gasteiger partial charge in [-0.15, -0.1) is 0 Å². The van der Waals surface area contributed by atoms with Crippen LogP contribution in [0.3, 0.4) is 0 Å². The predicted molar refractivity (Wildman–Crippen MR) is 70.9 cm³/mol. The number of rotatable bonds is 4. The van der Waals surface area contributed by atoms with Gasteiger partial charge in [-0.25, -0.2) is 8.42 Å².